The van der Waals surface area contributed by atoms with Gasteiger partial charge in [-0.2, -0.15) is 0 Å². The summed E-state index contributed by atoms with van der Waals surface area (Å²) < 4.78 is 16.9. The van der Waals surface area contributed by atoms with Crippen molar-refractivity contribution in [2.75, 3.05) is 13.2 Å². The lowest BCUT2D eigenvalue weighted by atomic mass is 9.94. The summed E-state index contributed by atoms with van der Waals surface area (Å²) in [6, 6.07) is 0. The number of rotatable bonds is 0. The molecule has 1 aliphatic carbocycles. The van der Waals surface area contributed by atoms with Gasteiger partial charge in [0, 0.05) is 12.8 Å². The summed E-state index contributed by atoms with van der Waals surface area (Å²) in [4.78, 5) is 11.6. The van der Waals surface area contributed by atoms with Crippen molar-refractivity contribution in [3.8, 4) is 0 Å². The lowest BCUT2D eigenvalue weighted by Crippen LogP contribution is -2.42. The van der Waals surface area contributed by atoms with Gasteiger partial charge in [-0.3, -0.25) is 4.79 Å². The standard InChI is InChI=1S/C11H16O4/c12-8-6-13-7-9-10(8)15-11(14-9)4-2-1-3-5-11/h9-10H,1-7H2. The van der Waals surface area contributed by atoms with Crippen molar-refractivity contribution in [2.24, 2.45) is 0 Å². The minimum absolute atomic E-state index is 0.0358. The number of hydrogen-bond donors (Lipinski definition) is 0. The lowest BCUT2D eigenvalue weighted by Gasteiger charge is -2.31. The molecule has 2 aliphatic heterocycles. The Labute approximate surface area is 88.9 Å². The van der Waals surface area contributed by atoms with E-state index in [0.717, 1.165) is 25.7 Å². The first-order valence-corrected chi connectivity index (χ1v) is 5.75. The van der Waals surface area contributed by atoms with Crippen LogP contribution in [0.3, 0.4) is 0 Å². The molecule has 2 atom stereocenters. The Kier molecular flexibility index (Phi) is 2.30. The first-order valence-electron chi connectivity index (χ1n) is 5.75. The van der Waals surface area contributed by atoms with Crippen LogP contribution in [-0.2, 0) is 19.0 Å². The third-order valence-corrected chi connectivity index (χ3v) is 3.50. The molecule has 1 saturated carbocycles. The fourth-order valence-electron chi connectivity index (χ4n) is 2.75. The molecule has 2 saturated heterocycles. The van der Waals surface area contributed by atoms with Crippen LogP contribution in [-0.4, -0.2) is 37.0 Å². The maximum absolute atomic E-state index is 11.6. The molecule has 4 nitrogen and oxygen atoms in total. The number of carbonyl (C=O) groups is 1. The molecule has 84 valence electrons. The lowest BCUT2D eigenvalue weighted by molar-refractivity contribution is -0.194. The van der Waals surface area contributed by atoms with Crippen molar-refractivity contribution in [1.82, 2.24) is 0 Å². The van der Waals surface area contributed by atoms with Gasteiger partial charge in [0.15, 0.2) is 11.6 Å². The number of ketones is 1. The van der Waals surface area contributed by atoms with Crippen LogP contribution in [0.1, 0.15) is 32.1 Å². The first kappa shape index (κ1) is 9.75. The number of carbonyl (C=O) groups excluding carboxylic acids is 1. The second-order valence-electron chi connectivity index (χ2n) is 4.65. The van der Waals surface area contributed by atoms with Crippen LogP contribution < -0.4 is 0 Å². The highest BCUT2D eigenvalue weighted by Gasteiger charge is 2.51. The molecule has 0 aromatic carbocycles. The molecule has 0 radical (unpaired) electrons. The number of Topliss-reactive ketones (excluding diaryl/α,β-unsaturated/α-hetero) is 1. The summed E-state index contributed by atoms with van der Waals surface area (Å²) in [5.74, 6) is -0.426. The highest BCUT2D eigenvalue weighted by Crippen LogP contribution is 2.41. The van der Waals surface area contributed by atoms with E-state index in [0.29, 0.717) is 6.61 Å². The number of fused-ring (bicyclic) bond motifs is 1. The van der Waals surface area contributed by atoms with E-state index in [2.05, 4.69) is 0 Å². The highest BCUT2D eigenvalue weighted by atomic mass is 16.8. The summed E-state index contributed by atoms with van der Waals surface area (Å²) in [6.07, 6.45) is 4.83. The van der Waals surface area contributed by atoms with Gasteiger partial charge < -0.3 is 14.2 Å². The van der Waals surface area contributed by atoms with Gasteiger partial charge >= 0.3 is 0 Å². The minimum atomic E-state index is -0.461. The first-order chi connectivity index (χ1) is 7.29. The number of ether oxygens (including phenoxy) is 3. The Balaban J connectivity index is 1.77. The molecule has 3 fully saturated rings. The fraction of sp³-hybridized carbons (Fsp3) is 0.909. The number of hydrogen-bond acceptors (Lipinski definition) is 4. The third kappa shape index (κ3) is 1.61. The average molecular weight is 212 g/mol. The predicted molar refractivity (Wildman–Crippen MR) is 51.4 cm³/mol. The van der Waals surface area contributed by atoms with Gasteiger partial charge in [-0.15, -0.1) is 0 Å². The molecule has 0 aromatic heterocycles. The van der Waals surface area contributed by atoms with Gasteiger partial charge in [0.1, 0.15) is 18.8 Å². The zero-order valence-electron chi connectivity index (χ0n) is 8.74. The Bertz CT molecular complexity index is 270. The molecular weight excluding hydrogens is 196 g/mol. The van der Waals surface area contributed by atoms with Crippen LogP contribution in [0.15, 0.2) is 0 Å². The van der Waals surface area contributed by atoms with E-state index in [-0.39, 0.29) is 24.6 Å². The molecule has 4 heteroatoms. The van der Waals surface area contributed by atoms with Crippen LogP contribution in [0.4, 0.5) is 0 Å². The van der Waals surface area contributed by atoms with Gasteiger partial charge in [0.2, 0.25) is 0 Å². The van der Waals surface area contributed by atoms with Crippen molar-refractivity contribution < 1.29 is 19.0 Å². The molecule has 0 N–H and O–H groups in total. The summed E-state index contributed by atoms with van der Waals surface area (Å²) in [5.41, 5.74) is 0. The summed E-state index contributed by atoms with van der Waals surface area (Å²) in [5, 5.41) is 0. The molecule has 2 heterocycles. The Hall–Kier alpha value is -0.450. The normalized spacial score (nSPS) is 39.3. The van der Waals surface area contributed by atoms with Gasteiger partial charge in [-0.05, 0) is 12.8 Å². The predicted octanol–water partition coefficient (Wildman–Crippen LogP) is 1.03. The van der Waals surface area contributed by atoms with Crippen molar-refractivity contribution in [2.45, 2.75) is 50.1 Å². The molecule has 15 heavy (non-hydrogen) atoms. The van der Waals surface area contributed by atoms with E-state index >= 15 is 0 Å². The van der Waals surface area contributed by atoms with E-state index in [1.807, 2.05) is 0 Å². The third-order valence-electron chi connectivity index (χ3n) is 3.50. The van der Waals surface area contributed by atoms with Gasteiger partial charge in [0.05, 0.1) is 6.61 Å². The molecule has 2 unspecified atom stereocenters. The van der Waals surface area contributed by atoms with E-state index in [4.69, 9.17) is 14.2 Å². The van der Waals surface area contributed by atoms with Crippen molar-refractivity contribution >= 4 is 5.78 Å². The maximum atomic E-state index is 11.6. The van der Waals surface area contributed by atoms with Crippen LogP contribution >= 0.6 is 0 Å². The molecule has 0 aromatic rings. The zero-order chi connectivity index (χ0) is 10.3. The smallest absolute Gasteiger partial charge is 0.189 e. The average Bonchev–Trinajstić information content (AvgIpc) is 2.59. The maximum Gasteiger partial charge on any atom is 0.189 e. The Morgan fingerprint density at radius 1 is 1.13 bits per heavy atom. The van der Waals surface area contributed by atoms with Crippen molar-refractivity contribution in [3.63, 3.8) is 0 Å². The topological polar surface area (TPSA) is 44.8 Å². The largest absolute Gasteiger partial charge is 0.371 e. The SMILES string of the molecule is O=C1COCC2OC3(CCCCC3)OC12. The van der Waals surface area contributed by atoms with E-state index in [1.54, 1.807) is 0 Å². The fourth-order valence-corrected chi connectivity index (χ4v) is 2.75. The molecule has 0 bridgehead atoms. The minimum Gasteiger partial charge on any atom is -0.371 e. The second-order valence-corrected chi connectivity index (χ2v) is 4.65. The molecule has 1 spiro atoms. The molecular formula is C11H16O4. The Morgan fingerprint density at radius 2 is 1.93 bits per heavy atom. The van der Waals surface area contributed by atoms with Gasteiger partial charge in [-0.1, -0.05) is 6.42 Å². The second kappa shape index (κ2) is 3.54. The monoisotopic (exact) mass is 212 g/mol. The van der Waals surface area contributed by atoms with Crippen LogP contribution in [0.25, 0.3) is 0 Å². The van der Waals surface area contributed by atoms with Crippen LogP contribution in [0.5, 0.6) is 0 Å². The Morgan fingerprint density at radius 3 is 2.67 bits per heavy atom. The van der Waals surface area contributed by atoms with E-state index < -0.39 is 5.79 Å². The molecule has 3 aliphatic rings. The molecule has 0 amide bonds. The van der Waals surface area contributed by atoms with Gasteiger partial charge in [-0.25, -0.2) is 0 Å². The van der Waals surface area contributed by atoms with Crippen LogP contribution in [0, 0.1) is 0 Å². The van der Waals surface area contributed by atoms with Crippen LogP contribution in [0.2, 0.25) is 0 Å². The molecule has 3 rings (SSSR count). The summed E-state index contributed by atoms with van der Waals surface area (Å²) in [6.45, 7) is 0.679. The summed E-state index contributed by atoms with van der Waals surface area (Å²) in [7, 11) is 0. The van der Waals surface area contributed by atoms with Crippen molar-refractivity contribution in [1.29, 1.82) is 0 Å². The zero-order valence-corrected chi connectivity index (χ0v) is 8.74. The van der Waals surface area contributed by atoms with E-state index in [9.17, 15) is 4.79 Å². The van der Waals surface area contributed by atoms with Crippen molar-refractivity contribution in [3.05, 3.63) is 0 Å². The van der Waals surface area contributed by atoms with Gasteiger partial charge in [0.25, 0.3) is 0 Å². The summed E-state index contributed by atoms with van der Waals surface area (Å²) >= 11 is 0. The van der Waals surface area contributed by atoms with E-state index in [1.165, 1.54) is 6.42 Å². The highest BCUT2D eigenvalue weighted by molar-refractivity contribution is 5.85. The quantitative estimate of drug-likeness (QED) is 0.601.